The van der Waals surface area contributed by atoms with E-state index in [0.717, 1.165) is 36.1 Å². The fraction of sp³-hybridized carbons (Fsp3) is 0.438. The Hall–Kier alpha value is -1.17. The van der Waals surface area contributed by atoms with Gasteiger partial charge in [0.1, 0.15) is 11.0 Å². The van der Waals surface area contributed by atoms with Gasteiger partial charge >= 0.3 is 0 Å². The van der Waals surface area contributed by atoms with E-state index in [9.17, 15) is 4.39 Å². The Morgan fingerprint density at radius 1 is 1.36 bits per heavy atom. The molecule has 1 saturated heterocycles. The Balaban J connectivity index is 1.64. The standard InChI is InChI=1S/C16H19ClFN3S/c1-20(2)16-19-15(17)14(22-16)10-21-8-7-12(9-21)11-3-5-13(18)6-4-11/h3-6,12H,7-10H2,1-2H3/t12-/m1/s1. The van der Waals surface area contributed by atoms with E-state index < -0.39 is 0 Å². The first-order valence-electron chi connectivity index (χ1n) is 7.33. The van der Waals surface area contributed by atoms with Crippen LogP contribution >= 0.6 is 22.9 Å². The molecule has 1 aliphatic heterocycles. The van der Waals surface area contributed by atoms with Gasteiger partial charge in [0.15, 0.2) is 5.13 Å². The van der Waals surface area contributed by atoms with Gasteiger partial charge in [0.05, 0.1) is 4.88 Å². The molecule has 1 fully saturated rings. The van der Waals surface area contributed by atoms with E-state index in [1.165, 1.54) is 5.56 Å². The molecule has 1 atom stereocenters. The normalized spacial score (nSPS) is 18.8. The molecule has 6 heteroatoms. The van der Waals surface area contributed by atoms with E-state index in [2.05, 4.69) is 9.88 Å². The van der Waals surface area contributed by atoms with Gasteiger partial charge in [-0.1, -0.05) is 35.1 Å². The van der Waals surface area contributed by atoms with Gasteiger partial charge in [0.2, 0.25) is 0 Å². The number of halogens is 2. The topological polar surface area (TPSA) is 19.4 Å². The average Bonchev–Trinajstić information content (AvgIpc) is 3.08. The summed E-state index contributed by atoms with van der Waals surface area (Å²) in [6.07, 6.45) is 1.10. The second-order valence-corrected chi connectivity index (χ2v) is 7.30. The molecule has 1 aromatic carbocycles. The fourth-order valence-corrected chi connectivity index (χ4v) is 4.02. The molecule has 0 unspecified atom stereocenters. The van der Waals surface area contributed by atoms with E-state index in [0.29, 0.717) is 11.1 Å². The summed E-state index contributed by atoms with van der Waals surface area (Å²) in [5.41, 5.74) is 1.22. The third-order valence-electron chi connectivity index (χ3n) is 4.00. The van der Waals surface area contributed by atoms with Crippen LogP contribution in [0.25, 0.3) is 0 Å². The number of thiazole rings is 1. The molecule has 3 rings (SSSR count). The van der Waals surface area contributed by atoms with Crippen LogP contribution in [-0.4, -0.2) is 37.1 Å². The molecule has 2 heterocycles. The molecule has 0 bridgehead atoms. The molecule has 0 aliphatic carbocycles. The zero-order chi connectivity index (χ0) is 15.7. The second kappa shape index (κ2) is 6.52. The maximum Gasteiger partial charge on any atom is 0.186 e. The van der Waals surface area contributed by atoms with Crippen molar-refractivity contribution in [3.05, 3.63) is 45.7 Å². The highest BCUT2D eigenvalue weighted by Gasteiger charge is 2.25. The van der Waals surface area contributed by atoms with Crippen LogP contribution in [0.4, 0.5) is 9.52 Å². The van der Waals surface area contributed by atoms with E-state index >= 15 is 0 Å². The number of anilines is 1. The quantitative estimate of drug-likeness (QED) is 0.839. The third-order valence-corrected chi connectivity index (χ3v) is 5.63. The van der Waals surface area contributed by atoms with Crippen LogP contribution in [0.3, 0.4) is 0 Å². The summed E-state index contributed by atoms with van der Waals surface area (Å²) in [6, 6.07) is 6.88. The molecule has 0 radical (unpaired) electrons. The van der Waals surface area contributed by atoms with Gasteiger partial charge in [-0.25, -0.2) is 9.37 Å². The molecular weight excluding hydrogens is 321 g/mol. The number of benzene rings is 1. The van der Waals surface area contributed by atoms with E-state index in [1.54, 1.807) is 23.5 Å². The minimum atomic E-state index is -0.175. The van der Waals surface area contributed by atoms with E-state index in [4.69, 9.17) is 11.6 Å². The Kier molecular flexibility index (Phi) is 4.66. The van der Waals surface area contributed by atoms with Gasteiger partial charge in [-0.05, 0) is 36.6 Å². The van der Waals surface area contributed by atoms with Crippen molar-refractivity contribution in [2.24, 2.45) is 0 Å². The van der Waals surface area contributed by atoms with Crippen molar-refractivity contribution in [3.63, 3.8) is 0 Å². The first kappa shape index (κ1) is 15.7. The van der Waals surface area contributed by atoms with Gasteiger partial charge in [0.25, 0.3) is 0 Å². The molecule has 0 amide bonds. The van der Waals surface area contributed by atoms with Crippen molar-refractivity contribution in [1.82, 2.24) is 9.88 Å². The lowest BCUT2D eigenvalue weighted by Gasteiger charge is -2.15. The summed E-state index contributed by atoms with van der Waals surface area (Å²) in [5.74, 6) is 0.298. The van der Waals surface area contributed by atoms with Gasteiger partial charge in [0, 0.05) is 27.2 Å². The predicted octanol–water partition coefficient (Wildman–Crippen LogP) is 3.99. The lowest BCUT2D eigenvalue weighted by atomic mass is 9.99. The highest BCUT2D eigenvalue weighted by molar-refractivity contribution is 7.16. The van der Waals surface area contributed by atoms with Crippen molar-refractivity contribution in [2.75, 3.05) is 32.1 Å². The van der Waals surface area contributed by atoms with Crippen LogP contribution < -0.4 is 4.90 Å². The molecule has 1 aliphatic rings. The van der Waals surface area contributed by atoms with Crippen molar-refractivity contribution >= 4 is 28.1 Å². The molecule has 118 valence electrons. The summed E-state index contributed by atoms with van der Waals surface area (Å²) in [5, 5.41) is 1.55. The van der Waals surface area contributed by atoms with Gasteiger partial charge < -0.3 is 4.90 Å². The minimum absolute atomic E-state index is 0.175. The van der Waals surface area contributed by atoms with Crippen LogP contribution in [0.2, 0.25) is 5.15 Å². The zero-order valence-electron chi connectivity index (χ0n) is 12.7. The summed E-state index contributed by atoms with van der Waals surface area (Å²) in [7, 11) is 3.94. The van der Waals surface area contributed by atoms with Crippen molar-refractivity contribution in [1.29, 1.82) is 0 Å². The van der Waals surface area contributed by atoms with Gasteiger partial charge in [-0.15, -0.1) is 0 Å². The molecule has 22 heavy (non-hydrogen) atoms. The SMILES string of the molecule is CN(C)c1nc(Cl)c(CN2CC[C@@H](c3ccc(F)cc3)C2)s1. The molecule has 3 nitrogen and oxygen atoms in total. The minimum Gasteiger partial charge on any atom is -0.354 e. The monoisotopic (exact) mass is 339 g/mol. The van der Waals surface area contributed by atoms with Gasteiger partial charge in [-0.3, -0.25) is 4.90 Å². The molecule has 0 spiro atoms. The third kappa shape index (κ3) is 3.42. The largest absolute Gasteiger partial charge is 0.354 e. The Morgan fingerprint density at radius 2 is 2.09 bits per heavy atom. The van der Waals surface area contributed by atoms with Gasteiger partial charge in [-0.2, -0.15) is 0 Å². The number of rotatable bonds is 4. The smallest absolute Gasteiger partial charge is 0.186 e. The number of likely N-dealkylation sites (tertiary alicyclic amines) is 1. The number of hydrogen-bond donors (Lipinski definition) is 0. The lowest BCUT2D eigenvalue weighted by molar-refractivity contribution is 0.329. The molecule has 2 aromatic rings. The zero-order valence-corrected chi connectivity index (χ0v) is 14.3. The first-order valence-corrected chi connectivity index (χ1v) is 8.52. The van der Waals surface area contributed by atoms with Crippen LogP contribution in [0.5, 0.6) is 0 Å². The number of aromatic nitrogens is 1. The number of hydrogen-bond acceptors (Lipinski definition) is 4. The summed E-state index contributed by atoms with van der Waals surface area (Å²) >= 11 is 7.89. The highest BCUT2D eigenvalue weighted by Crippen LogP contribution is 2.33. The molecule has 0 N–H and O–H groups in total. The van der Waals surface area contributed by atoms with Crippen LogP contribution in [0.1, 0.15) is 22.8 Å². The average molecular weight is 340 g/mol. The molecule has 0 saturated carbocycles. The Labute approximate surface area is 139 Å². The van der Waals surface area contributed by atoms with Crippen LogP contribution in [0.15, 0.2) is 24.3 Å². The maximum atomic E-state index is 13.0. The highest BCUT2D eigenvalue weighted by atomic mass is 35.5. The fourth-order valence-electron chi connectivity index (χ4n) is 2.80. The summed E-state index contributed by atoms with van der Waals surface area (Å²) < 4.78 is 13.0. The van der Waals surface area contributed by atoms with E-state index in [1.807, 2.05) is 31.1 Å². The van der Waals surface area contributed by atoms with Crippen molar-refractivity contribution < 1.29 is 4.39 Å². The Bertz CT molecular complexity index is 641. The first-order chi connectivity index (χ1) is 10.5. The van der Waals surface area contributed by atoms with Crippen molar-refractivity contribution in [3.8, 4) is 0 Å². The molecule has 1 aromatic heterocycles. The number of nitrogens with zero attached hydrogens (tertiary/aromatic N) is 3. The summed E-state index contributed by atoms with van der Waals surface area (Å²) in [6.45, 7) is 2.85. The summed E-state index contributed by atoms with van der Waals surface area (Å²) in [4.78, 5) is 9.87. The lowest BCUT2D eigenvalue weighted by Crippen LogP contribution is -2.19. The maximum absolute atomic E-state index is 13.0. The Morgan fingerprint density at radius 3 is 2.73 bits per heavy atom. The van der Waals surface area contributed by atoms with Crippen LogP contribution in [-0.2, 0) is 6.54 Å². The van der Waals surface area contributed by atoms with E-state index in [-0.39, 0.29) is 5.82 Å². The molecular formula is C16H19ClFN3S. The van der Waals surface area contributed by atoms with Crippen LogP contribution in [0, 0.1) is 5.82 Å². The predicted molar refractivity (Wildman–Crippen MR) is 90.5 cm³/mol. The second-order valence-electron chi connectivity index (χ2n) is 5.88. The van der Waals surface area contributed by atoms with Crippen molar-refractivity contribution in [2.45, 2.75) is 18.9 Å².